The van der Waals surface area contributed by atoms with E-state index in [0.717, 1.165) is 11.3 Å². The van der Waals surface area contributed by atoms with Gasteiger partial charge in [0.15, 0.2) is 10.9 Å². The number of fused-ring (bicyclic) bond motifs is 1. The Bertz CT molecular complexity index is 1080. The summed E-state index contributed by atoms with van der Waals surface area (Å²) in [4.78, 5) is 28.7. The van der Waals surface area contributed by atoms with Crippen LogP contribution in [0.15, 0.2) is 16.9 Å². The maximum Gasteiger partial charge on any atom is 0.416 e. The first kappa shape index (κ1) is 21.9. The third kappa shape index (κ3) is 4.23. The Hall–Kier alpha value is -2.31. The van der Waals surface area contributed by atoms with Crippen LogP contribution in [-0.2, 0) is 15.7 Å². The molecule has 0 unspecified atom stereocenters. The molecule has 12 heteroatoms. The number of piperidine rings is 1. The van der Waals surface area contributed by atoms with Crippen LogP contribution in [0.3, 0.4) is 0 Å². The summed E-state index contributed by atoms with van der Waals surface area (Å²) < 4.78 is 51.1. The van der Waals surface area contributed by atoms with Crippen LogP contribution in [0.5, 0.6) is 0 Å². The highest BCUT2D eigenvalue weighted by Crippen LogP contribution is 2.40. The highest BCUT2D eigenvalue weighted by molar-refractivity contribution is 7.22. The second kappa shape index (κ2) is 7.38. The standard InChI is InChI=1S/C19H20F3N3O5S/c1-17(2)9-29-18(30-10-17)3-5-24(6-4-18)16-23-15(26)12-7-11(19(20,21)22)8-13(25(27)28)14(12)31-16/h7-8H,3-6,9-10H2,1-2H3. The van der Waals surface area contributed by atoms with Gasteiger partial charge in [-0.25, -0.2) is 0 Å². The number of rotatable bonds is 2. The molecule has 4 rings (SSSR count). The van der Waals surface area contributed by atoms with Crippen LogP contribution in [0.25, 0.3) is 10.1 Å². The fourth-order valence-corrected chi connectivity index (χ4v) is 4.76. The molecule has 1 spiro atoms. The molecule has 0 atom stereocenters. The number of nitrogens with zero attached hydrogens (tertiary/aromatic N) is 3. The summed E-state index contributed by atoms with van der Waals surface area (Å²) in [5.74, 6) is -0.707. The fourth-order valence-electron chi connectivity index (χ4n) is 3.64. The lowest BCUT2D eigenvalue weighted by molar-refractivity contribution is -0.383. The number of non-ortho nitro benzene ring substituents is 1. The Kier molecular flexibility index (Phi) is 5.22. The van der Waals surface area contributed by atoms with Crippen LogP contribution < -0.4 is 10.5 Å². The average molecular weight is 459 g/mol. The van der Waals surface area contributed by atoms with Crippen molar-refractivity contribution < 1.29 is 27.6 Å². The first-order chi connectivity index (χ1) is 14.4. The van der Waals surface area contributed by atoms with Gasteiger partial charge in [0, 0.05) is 37.4 Å². The van der Waals surface area contributed by atoms with Gasteiger partial charge in [-0.05, 0) is 6.07 Å². The van der Waals surface area contributed by atoms with E-state index in [0.29, 0.717) is 51.3 Å². The molecule has 1 aromatic carbocycles. The molecule has 0 N–H and O–H groups in total. The topological polar surface area (TPSA) is 94.8 Å². The molecule has 0 aliphatic carbocycles. The molecule has 31 heavy (non-hydrogen) atoms. The monoisotopic (exact) mass is 459 g/mol. The van der Waals surface area contributed by atoms with Crippen LogP contribution in [0, 0.1) is 15.5 Å². The Morgan fingerprint density at radius 2 is 1.81 bits per heavy atom. The van der Waals surface area contributed by atoms with E-state index in [2.05, 4.69) is 4.98 Å². The molecule has 2 fully saturated rings. The predicted molar refractivity (Wildman–Crippen MR) is 107 cm³/mol. The van der Waals surface area contributed by atoms with E-state index in [1.807, 2.05) is 13.8 Å². The molecule has 0 radical (unpaired) electrons. The number of nitro benzene ring substituents is 1. The molecule has 0 amide bonds. The van der Waals surface area contributed by atoms with Crippen molar-refractivity contribution in [1.82, 2.24) is 4.98 Å². The SMILES string of the molecule is CC1(C)COC2(CCN(c3nc(=O)c4cc(C(F)(F)F)cc([N+](=O)[O-])c4s3)CC2)OC1. The summed E-state index contributed by atoms with van der Waals surface area (Å²) in [7, 11) is 0. The minimum absolute atomic E-state index is 0.0734. The highest BCUT2D eigenvalue weighted by Gasteiger charge is 2.43. The van der Waals surface area contributed by atoms with Gasteiger partial charge in [-0.2, -0.15) is 18.2 Å². The Morgan fingerprint density at radius 1 is 1.19 bits per heavy atom. The second-order valence-electron chi connectivity index (χ2n) is 8.57. The van der Waals surface area contributed by atoms with Gasteiger partial charge in [0.05, 0.1) is 29.1 Å². The molecule has 8 nitrogen and oxygen atoms in total. The lowest BCUT2D eigenvalue weighted by Crippen LogP contribution is -2.53. The van der Waals surface area contributed by atoms with Crippen molar-refractivity contribution in [2.45, 2.75) is 38.7 Å². The third-order valence-electron chi connectivity index (χ3n) is 5.46. The van der Waals surface area contributed by atoms with Gasteiger partial charge < -0.3 is 14.4 Å². The second-order valence-corrected chi connectivity index (χ2v) is 9.55. The van der Waals surface area contributed by atoms with Crippen LogP contribution in [0.1, 0.15) is 32.3 Å². The third-order valence-corrected chi connectivity index (χ3v) is 6.63. The molecular formula is C19H20F3N3O5S. The van der Waals surface area contributed by atoms with E-state index in [1.165, 1.54) is 0 Å². The molecule has 2 saturated heterocycles. The van der Waals surface area contributed by atoms with Crippen molar-refractivity contribution in [2.75, 3.05) is 31.2 Å². The number of nitro groups is 1. The molecule has 168 valence electrons. The number of alkyl halides is 3. The van der Waals surface area contributed by atoms with Crippen molar-refractivity contribution in [3.05, 3.63) is 38.2 Å². The molecule has 3 heterocycles. The van der Waals surface area contributed by atoms with E-state index < -0.39 is 39.1 Å². The summed E-state index contributed by atoms with van der Waals surface area (Å²) in [5, 5.41) is 11.2. The van der Waals surface area contributed by atoms with Gasteiger partial charge in [0.25, 0.3) is 11.2 Å². The zero-order chi connectivity index (χ0) is 22.6. The summed E-state index contributed by atoms with van der Waals surface area (Å²) >= 11 is 0.841. The number of ether oxygens (including phenoxy) is 2. The zero-order valence-corrected chi connectivity index (χ0v) is 17.6. The Balaban J connectivity index is 1.65. The minimum atomic E-state index is -4.82. The van der Waals surface area contributed by atoms with E-state index >= 15 is 0 Å². The smallest absolute Gasteiger partial charge is 0.349 e. The minimum Gasteiger partial charge on any atom is -0.349 e. The summed E-state index contributed by atoms with van der Waals surface area (Å²) in [6.07, 6.45) is -3.79. The molecule has 1 aromatic heterocycles. The van der Waals surface area contributed by atoms with Crippen molar-refractivity contribution in [1.29, 1.82) is 0 Å². The van der Waals surface area contributed by atoms with Gasteiger partial charge in [0.2, 0.25) is 0 Å². The Labute approximate surface area is 178 Å². The summed E-state index contributed by atoms with van der Waals surface area (Å²) in [6, 6.07) is 1.08. The summed E-state index contributed by atoms with van der Waals surface area (Å²) in [6.45, 7) is 6.07. The predicted octanol–water partition coefficient (Wildman–Crippen LogP) is 3.95. The lowest BCUT2D eigenvalue weighted by Gasteiger charge is -2.47. The van der Waals surface area contributed by atoms with E-state index in [-0.39, 0.29) is 15.2 Å². The molecule has 0 saturated carbocycles. The molecule has 2 aliphatic heterocycles. The van der Waals surface area contributed by atoms with Crippen molar-refractivity contribution in [3.8, 4) is 0 Å². The maximum atomic E-state index is 13.1. The number of hydrogen-bond donors (Lipinski definition) is 0. The van der Waals surface area contributed by atoms with Crippen molar-refractivity contribution >= 4 is 32.2 Å². The van der Waals surface area contributed by atoms with Crippen LogP contribution >= 0.6 is 11.3 Å². The van der Waals surface area contributed by atoms with Gasteiger partial charge in [-0.15, -0.1) is 0 Å². The van der Waals surface area contributed by atoms with Crippen LogP contribution in [0.2, 0.25) is 0 Å². The molecule has 2 aromatic rings. The van der Waals surface area contributed by atoms with Gasteiger partial charge >= 0.3 is 6.18 Å². The van der Waals surface area contributed by atoms with E-state index in [4.69, 9.17) is 9.47 Å². The fraction of sp³-hybridized carbons (Fsp3) is 0.579. The number of aromatic nitrogens is 1. The van der Waals surface area contributed by atoms with Gasteiger partial charge in [0.1, 0.15) is 4.70 Å². The van der Waals surface area contributed by atoms with E-state index in [9.17, 15) is 28.1 Å². The zero-order valence-electron chi connectivity index (χ0n) is 16.8. The first-order valence-electron chi connectivity index (χ1n) is 9.63. The lowest BCUT2D eigenvalue weighted by atomic mass is 9.93. The Morgan fingerprint density at radius 3 is 2.35 bits per heavy atom. The number of hydrogen-bond acceptors (Lipinski definition) is 8. The quantitative estimate of drug-likeness (QED) is 0.496. The highest BCUT2D eigenvalue weighted by atomic mass is 32.1. The average Bonchev–Trinajstić information content (AvgIpc) is 2.69. The number of benzene rings is 1. The number of anilines is 1. The summed E-state index contributed by atoms with van der Waals surface area (Å²) in [5.41, 5.74) is -3.01. The molecule has 0 bridgehead atoms. The van der Waals surface area contributed by atoms with Crippen LogP contribution in [-0.4, -0.2) is 42.0 Å². The molecular weight excluding hydrogens is 439 g/mol. The first-order valence-corrected chi connectivity index (χ1v) is 10.4. The van der Waals surface area contributed by atoms with Crippen molar-refractivity contribution in [3.63, 3.8) is 0 Å². The number of halogens is 3. The van der Waals surface area contributed by atoms with Gasteiger partial charge in [-0.3, -0.25) is 14.9 Å². The van der Waals surface area contributed by atoms with Gasteiger partial charge in [-0.1, -0.05) is 25.2 Å². The van der Waals surface area contributed by atoms with E-state index in [1.54, 1.807) is 4.90 Å². The largest absolute Gasteiger partial charge is 0.416 e. The normalized spacial score (nSPS) is 20.9. The maximum absolute atomic E-state index is 13.1. The molecule has 2 aliphatic rings. The van der Waals surface area contributed by atoms with Crippen LogP contribution in [0.4, 0.5) is 24.0 Å². The van der Waals surface area contributed by atoms with Crippen molar-refractivity contribution in [2.24, 2.45) is 5.41 Å².